The first kappa shape index (κ1) is 17.6. The number of nitrogens with zero attached hydrogens (tertiary/aromatic N) is 1. The summed E-state index contributed by atoms with van der Waals surface area (Å²) >= 11 is 0. The first-order valence-electron chi connectivity index (χ1n) is 9.26. The number of piperidine rings is 1. The first-order valence-corrected chi connectivity index (χ1v) is 10.7. The van der Waals surface area contributed by atoms with Crippen molar-refractivity contribution in [1.29, 1.82) is 0 Å². The molecule has 1 aliphatic carbocycles. The van der Waals surface area contributed by atoms with Gasteiger partial charge in [-0.25, -0.2) is 8.42 Å². The molecule has 1 saturated heterocycles. The van der Waals surface area contributed by atoms with Gasteiger partial charge in [-0.2, -0.15) is 4.31 Å². The second-order valence-electron chi connectivity index (χ2n) is 7.31. The van der Waals surface area contributed by atoms with Gasteiger partial charge in [-0.3, -0.25) is 0 Å². The second-order valence-corrected chi connectivity index (χ2v) is 9.20. The normalized spacial score (nSPS) is 23.2. The van der Waals surface area contributed by atoms with Gasteiger partial charge in [0.05, 0.1) is 12.0 Å². The quantitative estimate of drug-likeness (QED) is 0.822. The van der Waals surface area contributed by atoms with Crippen LogP contribution in [-0.2, 0) is 16.4 Å². The average Bonchev–Trinajstić information content (AvgIpc) is 2.67. The number of benzene rings is 2. The van der Waals surface area contributed by atoms with Crippen molar-refractivity contribution in [2.45, 2.75) is 49.5 Å². The molecule has 0 radical (unpaired) electrons. The number of hydrogen-bond donors (Lipinski definition) is 0. The Kier molecular flexibility index (Phi) is 4.53. The number of methoxy groups -OCH3 is 1. The third-order valence-corrected chi connectivity index (χ3v) is 7.77. The molecule has 4 nitrogen and oxygen atoms in total. The zero-order chi connectivity index (χ0) is 18.3. The summed E-state index contributed by atoms with van der Waals surface area (Å²) in [6.45, 7) is 2.58. The van der Waals surface area contributed by atoms with Gasteiger partial charge in [-0.1, -0.05) is 29.8 Å². The van der Waals surface area contributed by atoms with Gasteiger partial charge in [0.15, 0.2) is 0 Å². The molecule has 0 spiro atoms. The fourth-order valence-electron chi connectivity index (χ4n) is 4.56. The van der Waals surface area contributed by atoms with Crippen LogP contribution < -0.4 is 4.74 Å². The minimum atomic E-state index is -3.47. The van der Waals surface area contributed by atoms with Crippen LogP contribution in [0.4, 0.5) is 0 Å². The van der Waals surface area contributed by atoms with Gasteiger partial charge >= 0.3 is 0 Å². The van der Waals surface area contributed by atoms with E-state index in [2.05, 4.69) is 6.07 Å². The summed E-state index contributed by atoms with van der Waals surface area (Å²) in [5, 5.41) is 0. The van der Waals surface area contributed by atoms with Crippen molar-refractivity contribution >= 4 is 10.0 Å². The third-order valence-electron chi connectivity index (χ3n) is 5.83. The van der Waals surface area contributed by atoms with E-state index in [1.54, 1.807) is 23.5 Å². The summed E-state index contributed by atoms with van der Waals surface area (Å²) in [6.07, 6.45) is 3.64. The number of aryl methyl sites for hydroxylation is 1. The Bertz CT molecular complexity index is 905. The Labute approximate surface area is 155 Å². The average molecular weight is 372 g/mol. The maximum absolute atomic E-state index is 13.3. The van der Waals surface area contributed by atoms with E-state index in [0.717, 1.165) is 37.0 Å². The molecule has 0 bridgehead atoms. The summed E-state index contributed by atoms with van der Waals surface area (Å²) in [5.74, 6) is 1.18. The molecular formula is C21H25NO3S. The summed E-state index contributed by atoms with van der Waals surface area (Å²) in [6, 6.07) is 13.4. The van der Waals surface area contributed by atoms with Crippen molar-refractivity contribution < 1.29 is 13.2 Å². The van der Waals surface area contributed by atoms with Crippen molar-refractivity contribution in [3.63, 3.8) is 0 Å². The van der Waals surface area contributed by atoms with Crippen molar-refractivity contribution in [3.05, 3.63) is 59.2 Å². The fourth-order valence-corrected chi connectivity index (χ4v) is 6.29. The number of sulfonamides is 1. The number of hydrogen-bond acceptors (Lipinski definition) is 3. The molecule has 2 aliphatic rings. The van der Waals surface area contributed by atoms with E-state index in [9.17, 15) is 8.42 Å². The van der Waals surface area contributed by atoms with E-state index in [1.165, 1.54) is 11.1 Å². The van der Waals surface area contributed by atoms with Crippen LogP contribution in [0.5, 0.6) is 5.75 Å². The van der Waals surface area contributed by atoms with Crippen LogP contribution in [0.25, 0.3) is 0 Å². The Hall–Kier alpha value is -1.85. The smallest absolute Gasteiger partial charge is 0.243 e. The van der Waals surface area contributed by atoms with Crippen molar-refractivity contribution in [3.8, 4) is 5.75 Å². The van der Waals surface area contributed by atoms with E-state index in [-0.39, 0.29) is 12.0 Å². The molecular weight excluding hydrogens is 346 g/mol. The lowest BCUT2D eigenvalue weighted by Gasteiger charge is -2.44. The molecule has 1 unspecified atom stereocenters. The number of rotatable bonds is 3. The second kappa shape index (κ2) is 6.71. The molecule has 1 heterocycles. The maximum atomic E-state index is 13.3. The zero-order valence-electron chi connectivity index (χ0n) is 15.3. The van der Waals surface area contributed by atoms with Crippen LogP contribution in [0.2, 0.25) is 0 Å². The summed E-state index contributed by atoms with van der Waals surface area (Å²) in [4.78, 5) is 0.403. The fraction of sp³-hybridized carbons (Fsp3) is 0.429. The summed E-state index contributed by atoms with van der Waals surface area (Å²) < 4.78 is 33.9. The van der Waals surface area contributed by atoms with Crippen LogP contribution in [0.3, 0.4) is 0 Å². The lowest BCUT2D eigenvalue weighted by molar-refractivity contribution is 0.200. The Morgan fingerprint density at radius 2 is 1.85 bits per heavy atom. The molecule has 138 valence electrons. The van der Waals surface area contributed by atoms with Gasteiger partial charge in [0.1, 0.15) is 5.75 Å². The maximum Gasteiger partial charge on any atom is 0.243 e. The van der Waals surface area contributed by atoms with Gasteiger partial charge in [0, 0.05) is 18.5 Å². The molecule has 2 atom stereocenters. The minimum Gasteiger partial charge on any atom is -0.496 e. The standard InChI is InChI=1S/C21H25NO3S/c1-15-8-10-16(11-9-15)26(23,24)22-14-4-6-18-17-5-3-7-21(25-2)19(17)12-13-20(18)22/h3,5,7-11,18,20H,4,6,12-14H2,1-2H3/t18?,20-/m0/s1. The predicted molar refractivity (Wildman–Crippen MR) is 102 cm³/mol. The monoisotopic (exact) mass is 371 g/mol. The molecule has 5 heteroatoms. The molecule has 26 heavy (non-hydrogen) atoms. The topological polar surface area (TPSA) is 46.6 Å². The lowest BCUT2D eigenvalue weighted by atomic mass is 9.75. The van der Waals surface area contributed by atoms with Crippen LogP contribution in [0.15, 0.2) is 47.4 Å². The van der Waals surface area contributed by atoms with E-state index < -0.39 is 10.0 Å². The number of ether oxygens (including phenoxy) is 1. The molecule has 1 aliphatic heterocycles. The van der Waals surface area contributed by atoms with Gasteiger partial charge in [-0.05, 0) is 61.9 Å². The molecule has 0 aromatic heterocycles. The lowest BCUT2D eigenvalue weighted by Crippen LogP contribution is -2.49. The molecule has 0 saturated carbocycles. The highest BCUT2D eigenvalue weighted by Gasteiger charge is 2.42. The van der Waals surface area contributed by atoms with E-state index >= 15 is 0 Å². The van der Waals surface area contributed by atoms with Crippen LogP contribution >= 0.6 is 0 Å². The Morgan fingerprint density at radius 3 is 2.58 bits per heavy atom. The number of fused-ring (bicyclic) bond motifs is 3. The highest BCUT2D eigenvalue weighted by molar-refractivity contribution is 7.89. The summed E-state index contributed by atoms with van der Waals surface area (Å²) in [5.41, 5.74) is 3.59. The van der Waals surface area contributed by atoms with Gasteiger partial charge < -0.3 is 4.74 Å². The predicted octanol–water partition coefficient (Wildman–Crippen LogP) is 3.89. The van der Waals surface area contributed by atoms with Crippen LogP contribution in [-0.4, -0.2) is 32.4 Å². The molecule has 2 aromatic carbocycles. The molecule has 0 amide bonds. The molecule has 1 fully saturated rings. The largest absolute Gasteiger partial charge is 0.496 e. The van der Waals surface area contributed by atoms with Gasteiger partial charge in [0.2, 0.25) is 10.0 Å². The van der Waals surface area contributed by atoms with Crippen molar-refractivity contribution in [1.82, 2.24) is 4.31 Å². The first-order chi connectivity index (χ1) is 12.5. The van der Waals surface area contributed by atoms with E-state index in [0.29, 0.717) is 11.4 Å². The van der Waals surface area contributed by atoms with Crippen LogP contribution in [0.1, 0.15) is 41.9 Å². The highest BCUT2D eigenvalue weighted by Crippen LogP contribution is 2.44. The van der Waals surface area contributed by atoms with Crippen LogP contribution in [0, 0.1) is 6.92 Å². The molecule has 4 rings (SSSR count). The minimum absolute atomic E-state index is 0.0367. The summed E-state index contributed by atoms with van der Waals surface area (Å²) in [7, 11) is -1.76. The van der Waals surface area contributed by atoms with Crippen molar-refractivity contribution in [2.24, 2.45) is 0 Å². The van der Waals surface area contributed by atoms with E-state index in [4.69, 9.17) is 4.74 Å². The SMILES string of the molecule is COc1cccc2c1CC[C@H]1C2CCCN1S(=O)(=O)c1ccc(C)cc1. The van der Waals surface area contributed by atoms with E-state index in [1.807, 2.05) is 31.2 Å². The van der Waals surface area contributed by atoms with Gasteiger partial charge in [-0.15, -0.1) is 0 Å². The highest BCUT2D eigenvalue weighted by atomic mass is 32.2. The Morgan fingerprint density at radius 1 is 1.08 bits per heavy atom. The van der Waals surface area contributed by atoms with Gasteiger partial charge in [0.25, 0.3) is 0 Å². The molecule has 0 N–H and O–H groups in total. The van der Waals surface area contributed by atoms with Crippen molar-refractivity contribution in [2.75, 3.05) is 13.7 Å². The third kappa shape index (κ3) is 2.83. The zero-order valence-corrected chi connectivity index (χ0v) is 16.1. The Balaban J connectivity index is 1.71. The molecule has 2 aromatic rings.